The van der Waals surface area contributed by atoms with Crippen molar-refractivity contribution >= 4 is 41.2 Å². The highest BCUT2D eigenvalue weighted by Gasteiger charge is 2.52. The molecular formula is C19H16B3N7O3. The molecular weight excluding hydrogens is 407 g/mol. The summed E-state index contributed by atoms with van der Waals surface area (Å²) < 4.78 is 5.43. The highest BCUT2D eigenvalue weighted by atomic mass is 16.5. The summed E-state index contributed by atoms with van der Waals surface area (Å²) in [5.41, 5.74) is 0.252. The molecule has 0 spiro atoms. The monoisotopic (exact) mass is 423 g/mol. The van der Waals surface area contributed by atoms with E-state index in [4.69, 9.17) is 28.1 Å². The smallest absolute Gasteiger partial charge is 0.274 e. The molecule has 1 fully saturated rings. The fourth-order valence-corrected chi connectivity index (χ4v) is 3.95. The molecule has 1 atom stereocenters. The van der Waals surface area contributed by atoms with Gasteiger partial charge in [-0.15, -0.1) is 0 Å². The maximum atomic E-state index is 13.2. The average molecular weight is 423 g/mol. The summed E-state index contributed by atoms with van der Waals surface area (Å²) >= 11 is 0. The van der Waals surface area contributed by atoms with Crippen LogP contribution < -0.4 is 10.2 Å². The summed E-state index contributed by atoms with van der Waals surface area (Å²) in [6, 6.07) is 4.15. The number of hydrogen-bond donors (Lipinski definition) is 1. The second-order valence-electron chi connectivity index (χ2n) is 8.04. The molecule has 3 aromatic heterocycles. The van der Waals surface area contributed by atoms with E-state index in [0.717, 1.165) is 23.3 Å². The molecule has 6 radical (unpaired) electrons. The maximum absolute atomic E-state index is 13.2. The number of nitrogens with one attached hydrogen (secondary N) is 1. The summed E-state index contributed by atoms with van der Waals surface area (Å²) in [5, 5.41) is 12.9. The van der Waals surface area contributed by atoms with Crippen LogP contribution in [0.25, 0.3) is 0 Å². The van der Waals surface area contributed by atoms with Crippen molar-refractivity contribution < 1.29 is 14.1 Å². The first kappa shape index (κ1) is 20.5. The zero-order valence-corrected chi connectivity index (χ0v) is 17.0. The molecule has 1 aliphatic carbocycles. The molecule has 10 nitrogen and oxygen atoms in total. The molecule has 2 amide bonds. The van der Waals surface area contributed by atoms with Crippen molar-refractivity contribution in [3.05, 3.63) is 53.8 Å². The maximum Gasteiger partial charge on any atom is 0.274 e. The molecule has 13 heteroatoms. The number of hydrogen-bond acceptors (Lipinski definition) is 7. The Balaban J connectivity index is 1.37. The van der Waals surface area contributed by atoms with Gasteiger partial charge in [0.2, 0.25) is 5.91 Å². The van der Waals surface area contributed by atoms with Crippen LogP contribution in [0.4, 0.5) is 5.82 Å². The molecule has 154 valence electrons. The quantitative estimate of drug-likeness (QED) is 0.545. The Morgan fingerprint density at radius 1 is 1.22 bits per heavy atom. The fraction of sp³-hybridized carbons (Fsp3) is 0.368. The van der Waals surface area contributed by atoms with Gasteiger partial charge in [-0.25, -0.2) is 4.98 Å². The van der Waals surface area contributed by atoms with E-state index in [1.807, 2.05) is 0 Å². The van der Waals surface area contributed by atoms with Gasteiger partial charge < -0.3 is 14.7 Å². The highest BCUT2D eigenvalue weighted by Crippen LogP contribution is 2.48. The predicted octanol–water partition coefficient (Wildman–Crippen LogP) is -0.607. The largest absolute Gasteiger partial charge is 0.358 e. The van der Waals surface area contributed by atoms with Crippen molar-refractivity contribution in [3.63, 3.8) is 0 Å². The SMILES string of the molecule is [B]C([B])([B])N1C(=O)[C@@H](NC(=O)c2cc(C3(n4nccn4)CC3)on2)CCc2cccnc21. The van der Waals surface area contributed by atoms with E-state index in [0.29, 0.717) is 18.6 Å². The van der Waals surface area contributed by atoms with E-state index in [1.54, 1.807) is 35.4 Å². The van der Waals surface area contributed by atoms with Crippen LogP contribution in [0.15, 0.2) is 41.3 Å². The predicted molar refractivity (Wildman–Crippen MR) is 114 cm³/mol. The van der Waals surface area contributed by atoms with E-state index in [1.165, 1.54) is 6.20 Å². The minimum atomic E-state index is -2.00. The number of fused-ring (bicyclic) bond motifs is 1. The molecule has 0 aromatic carbocycles. The van der Waals surface area contributed by atoms with E-state index in [2.05, 4.69) is 25.7 Å². The van der Waals surface area contributed by atoms with Crippen LogP contribution in [-0.2, 0) is 16.8 Å². The van der Waals surface area contributed by atoms with Gasteiger partial charge in [0.05, 0.1) is 35.9 Å². The number of carbonyl (C=O) groups is 2. The standard InChI is InChI=1S/C19H16B3N7O3/c20-19(21,22)28-15-11(2-1-7-23-15)3-4-12(17(28)31)26-16(30)13-10-14(32-27-13)18(5-6-18)29-24-8-9-25-29/h1-2,7-10,12H,3-6H2,(H,26,30)/t12-/m0/s1. The second kappa shape index (κ2) is 7.35. The minimum Gasteiger partial charge on any atom is -0.358 e. The first-order valence-electron chi connectivity index (χ1n) is 10.1. The number of amides is 2. The molecule has 0 unspecified atom stereocenters. The normalized spacial score (nSPS) is 19.8. The molecule has 1 aliphatic heterocycles. The Kier molecular flexibility index (Phi) is 4.72. The van der Waals surface area contributed by atoms with Crippen molar-refractivity contribution in [1.29, 1.82) is 0 Å². The lowest BCUT2D eigenvalue weighted by Gasteiger charge is -2.38. The third kappa shape index (κ3) is 3.41. The zero-order valence-electron chi connectivity index (χ0n) is 17.0. The number of pyridine rings is 1. The first-order chi connectivity index (χ1) is 15.3. The molecule has 1 saturated carbocycles. The summed E-state index contributed by atoms with van der Waals surface area (Å²) in [6.45, 7) is 0. The van der Waals surface area contributed by atoms with Gasteiger partial charge in [-0.2, -0.15) is 15.0 Å². The van der Waals surface area contributed by atoms with Crippen LogP contribution in [0, 0.1) is 0 Å². The first-order valence-corrected chi connectivity index (χ1v) is 10.1. The number of aryl methyl sites for hydroxylation is 1. The number of aromatic nitrogens is 5. The molecule has 0 bridgehead atoms. The Labute approximate surface area is 187 Å². The van der Waals surface area contributed by atoms with Gasteiger partial charge in [0.15, 0.2) is 11.5 Å². The molecule has 5 rings (SSSR count). The van der Waals surface area contributed by atoms with Gasteiger partial charge in [-0.3, -0.25) is 9.59 Å². The summed E-state index contributed by atoms with van der Waals surface area (Å²) in [7, 11) is 17.6. The summed E-state index contributed by atoms with van der Waals surface area (Å²) in [5.74, 6) is -0.383. The van der Waals surface area contributed by atoms with E-state index in [-0.39, 0.29) is 11.5 Å². The van der Waals surface area contributed by atoms with Crippen LogP contribution in [0.5, 0.6) is 0 Å². The van der Waals surface area contributed by atoms with Gasteiger partial charge in [0, 0.05) is 12.3 Å². The molecule has 3 aromatic rings. The Morgan fingerprint density at radius 2 is 1.97 bits per heavy atom. The molecule has 0 saturated heterocycles. The lowest BCUT2D eigenvalue weighted by atomic mass is 9.48. The van der Waals surface area contributed by atoms with Crippen molar-refractivity contribution in [3.8, 4) is 0 Å². The lowest BCUT2D eigenvalue weighted by molar-refractivity contribution is -0.120. The number of rotatable bonds is 5. The third-order valence-corrected chi connectivity index (χ3v) is 5.72. The average Bonchev–Trinajstić information content (AvgIpc) is 3.17. The second-order valence-corrected chi connectivity index (χ2v) is 8.04. The van der Waals surface area contributed by atoms with Crippen LogP contribution in [0.1, 0.15) is 41.1 Å². The van der Waals surface area contributed by atoms with Crippen molar-refractivity contribution in [2.75, 3.05) is 4.90 Å². The fourth-order valence-electron chi connectivity index (χ4n) is 3.95. The molecule has 32 heavy (non-hydrogen) atoms. The van der Waals surface area contributed by atoms with E-state index < -0.39 is 28.6 Å². The zero-order chi connectivity index (χ0) is 22.5. The number of nitrogens with zero attached hydrogens (tertiary/aromatic N) is 6. The summed E-state index contributed by atoms with van der Waals surface area (Å²) in [4.78, 5) is 32.9. The lowest BCUT2D eigenvalue weighted by Crippen LogP contribution is -2.59. The van der Waals surface area contributed by atoms with Crippen LogP contribution in [0.3, 0.4) is 0 Å². The van der Waals surface area contributed by atoms with Gasteiger partial charge >= 0.3 is 0 Å². The number of carbonyl (C=O) groups excluding carboxylic acids is 2. The Morgan fingerprint density at radius 3 is 2.66 bits per heavy atom. The topological polar surface area (TPSA) is 119 Å². The van der Waals surface area contributed by atoms with Crippen molar-refractivity contribution in [2.24, 2.45) is 0 Å². The number of anilines is 1. The van der Waals surface area contributed by atoms with Crippen molar-refractivity contribution in [1.82, 2.24) is 30.5 Å². The van der Waals surface area contributed by atoms with Gasteiger partial charge in [0.1, 0.15) is 17.4 Å². The molecule has 2 aliphatic rings. The van der Waals surface area contributed by atoms with Crippen molar-refractivity contribution in [2.45, 2.75) is 42.5 Å². The van der Waals surface area contributed by atoms with Gasteiger partial charge in [0.25, 0.3) is 5.91 Å². The van der Waals surface area contributed by atoms with E-state index in [9.17, 15) is 9.59 Å². The van der Waals surface area contributed by atoms with E-state index >= 15 is 0 Å². The summed E-state index contributed by atoms with van der Waals surface area (Å²) in [6.07, 6.45) is 6.98. The Hall–Kier alpha value is -3.37. The van der Waals surface area contributed by atoms with Gasteiger partial charge in [-0.1, -0.05) is 16.5 Å². The third-order valence-electron chi connectivity index (χ3n) is 5.72. The molecule has 4 heterocycles. The molecule has 1 N–H and O–H groups in total. The van der Waals surface area contributed by atoms with Gasteiger partial charge in [-0.05, 0) is 37.3 Å². The van der Waals surface area contributed by atoms with Crippen LogP contribution in [-0.4, -0.2) is 71.8 Å². The van der Waals surface area contributed by atoms with Crippen LogP contribution >= 0.6 is 0 Å². The van der Waals surface area contributed by atoms with Crippen LogP contribution in [0.2, 0.25) is 0 Å². The highest BCUT2D eigenvalue weighted by molar-refractivity contribution is 6.62. The Bertz CT molecular complexity index is 1170. The minimum absolute atomic E-state index is 0.0391.